The molecule has 0 aliphatic carbocycles. The van der Waals surface area contributed by atoms with E-state index in [1.165, 1.54) is 17.4 Å². The van der Waals surface area contributed by atoms with Crippen LogP contribution in [0.4, 0.5) is 18.3 Å². The summed E-state index contributed by atoms with van der Waals surface area (Å²) in [4.78, 5) is 6.39. The third kappa shape index (κ3) is 5.48. The molecule has 0 saturated carbocycles. The number of nitrogens with zero attached hydrogens (tertiary/aromatic N) is 2. The number of thiazole rings is 1. The second-order valence-corrected chi connectivity index (χ2v) is 11.7. The molecule has 0 radical (unpaired) electrons. The molecular formula is C22H19Cl2F3N2O2S2. The van der Waals surface area contributed by atoms with E-state index in [4.69, 9.17) is 23.2 Å². The van der Waals surface area contributed by atoms with Crippen LogP contribution in [0.5, 0.6) is 0 Å². The van der Waals surface area contributed by atoms with Crippen molar-refractivity contribution in [2.75, 3.05) is 18.0 Å². The molecule has 2 heterocycles. The van der Waals surface area contributed by atoms with E-state index in [-0.39, 0.29) is 4.90 Å². The highest BCUT2D eigenvalue weighted by molar-refractivity contribution is 7.92. The summed E-state index contributed by atoms with van der Waals surface area (Å²) in [5.41, 5.74) is 0.887. The van der Waals surface area contributed by atoms with Crippen LogP contribution in [0.2, 0.25) is 10.0 Å². The lowest BCUT2D eigenvalue weighted by atomic mass is 10.1. The van der Waals surface area contributed by atoms with E-state index in [0.29, 0.717) is 42.4 Å². The zero-order valence-corrected chi connectivity index (χ0v) is 20.3. The lowest BCUT2D eigenvalue weighted by molar-refractivity contribution is -0.137. The van der Waals surface area contributed by atoms with Crippen molar-refractivity contribution in [1.29, 1.82) is 0 Å². The Hall–Kier alpha value is -1.81. The molecule has 1 aromatic heterocycles. The Labute approximate surface area is 203 Å². The summed E-state index contributed by atoms with van der Waals surface area (Å²) in [6, 6.07) is 9.38. The van der Waals surface area contributed by atoms with Gasteiger partial charge in [-0.3, -0.25) is 0 Å². The Bertz CT molecular complexity index is 1250. The highest BCUT2D eigenvalue weighted by atomic mass is 35.5. The molecular weight excluding hydrogens is 516 g/mol. The molecule has 0 atom stereocenters. The number of halogens is 5. The Morgan fingerprint density at radius 1 is 1.06 bits per heavy atom. The van der Waals surface area contributed by atoms with Gasteiger partial charge in [-0.1, -0.05) is 35.3 Å². The van der Waals surface area contributed by atoms with E-state index < -0.39 is 26.8 Å². The van der Waals surface area contributed by atoms with Crippen molar-refractivity contribution in [3.05, 3.63) is 74.7 Å². The van der Waals surface area contributed by atoms with Gasteiger partial charge in [-0.25, -0.2) is 13.4 Å². The number of hydrogen-bond donors (Lipinski definition) is 0. The molecule has 1 aliphatic rings. The van der Waals surface area contributed by atoms with Gasteiger partial charge in [0.1, 0.15) is 0 Å². The third-order valence-corrected chi connectivity index (χ3v) is 9.50. The largest absolute Gasteiger partial charge is 0.416 e. The van der Waals surface area contributed by atoms with Crippen molar-refractivity contribution >= 4 is 49.5 Å². The molecule has 0 spiro atoms. The second kappa shape index (κ2) is 9.44. The lowest BCUT2D eigenvalue weighted by Gasteiger charge is -2.31. The number of alkyl halides is 3. The number of sulfone groups is 1. The molecule has 33 heavy (non-hydrogen) atoms. The predicted molar refractivity (Wildman–Crippen MR) is 125 cm³/mol. The molecule has 11 heteroatoms. The van der Waals surface area contributed by atoms with Crippen molar-refractivity contribution in [3.63, 3.8) is 0 Å². The fourth-order valence-electron chi connectivity index (χ4n) is 3.78. The van der Waals surface area contributed by atoms with E-state index in [1.54, 1.807) is 12.1 Å². The van der Waals surface area contributed by atoms with Gasteiger partial charge in [0.15, 0.2) is 15.0 Å². The van der Waals surface area contributed by atoms with Crippen LogP contribution in [0, 0.1) is 0 Å². The molecule has 0 bridgehead atoms. The van der Waals surface area contributed by atoms with Gasteiger partial charge in [0, 0.05) is 24.9 Å². The highest BCUT2D eigenvalue weighted by Crippen LogP contribution is 2.34. The first-order valence-corrected chi connectivity index (χ1v) is 13.3. The Morgan fingerprint density at radius 2 is 1.79 bits per heavy atom. The highest BCUT2D eigenvalue weighted by Gasteiger charge is 2.35. The zero-order valence-electron chi connectivity index (χ0n) is 17.1. The topological polar surface area (TPSA) is 50.3 Å². The SMILES string of the molecule is O=S(=O)(c1cccc(C(F)(F)F)c1)C1CCN(c2nc(Cc3ccc(Cl)c(Cl)c3)cs2)CC1. The first-order valence-electron chi connectivity index (χ1n) is 10.1. The van der Waals surface area contributed by atoms with Gasteiger partial charge < -0.3 is 4.90 Å². The molecule has 4 rings (SSSR count). The third-order valence-electron chi connectivity index (χ3n) is 5.55. The van der Waals surface area contributed by atoms with Gasteiger partial charge in [0.25, 0.3) is 0 Å². The fourth-order valence-corrected chi connectivity index (χ4v) is 6.76. The summed E-state index contributed by atoms with van der Waals surface area (Å²) < 4.78 is 64.9. The molecule has 1 saturated heterocycles. The zero-order chi connectivity index (χ0) is 23.8. The van der Waals surface area contributed by atoms with Crippen molar-refractivity contribution in [3.8, 4) is 0 Å². The normalized spacial score (nSPS) is 15.7. The van der Waals surface area contributed by atoms with Crippen LogP contribution >= 0.6 is 34.5 Å². The molecule has 0 unspecified atom stereocenters. The van der Waals surface area contributed by atoms with E-state index in [2.05, 4.69) is 4.98 Å². The van der Waals surface area contributed by atoms with E-state index in [1.807, 2.05) is 16.3 Å². The van der Waals surface area contributed by atoms with Crippen molar-refractivity contribution in [2.24, 2.45) is 0 Å². The van der Waals surface area contributed by atoms with E-state index in [0.717, 1.165) is 34.6 Å². The fraction of sp³-hybridized carbons (Fsp3) is 0.318. The van der Waals surface area contributed by atoms with E-state index >= 15 is 0 Å². The standard InChI is InChI=1S/C22H19Cl2F3N2O2S2/c23-19-5-4-14(11-20(19)24)10-16-13-32-21(28-16)29-8-6-17(7-9-29)33(30,31)18-3-1-2-15(12-18)22(25,26)27/h1-5,11-13,17H,6-10H2. The van der Waals surface area contributed by atoms with E-state index in [9.17, 15) is 21.6 Å². The molecule has 2 aromatic carbocycles. The average Bonchev–Trinajstić information content (AvgIpc) is 3.24. The van der Waals surface area contributed by atoms with Crippen molar-refractivity contribution < 1.29 is 21.6 Å². The van der Waals surface area contributed by atoms with Gasteiger partial charge in [0.2, 0.25) is 0 Å². The minimum atomic E-state index is -4.59. The summed E-state index contributed by atoms with van der Waals surface area (Å²) in [7, 11) is -3.86. The van der Waals surface area contributed by atoms with Crippen LogP contribution in [0.15, 0.2) is 52.7 Å². The van der Waals surface area contributed by atoms with Gasteiger partial charge in [-0.2, -0.15) is 13.2 Å². The number of anilines is 1. The maximum Gasteiger partial charge on any atom is 0.416 e. The minimum absolute atomic E-state index is 0.283. The quantitative estimate of drug-likeness (QED) is 0.374. The molecule has 1 aliphatic heterocycles. The summed E-state index contributed by atoms with van der Waals surface area (Å²) in [5.74, 6) is 0. The molecule has 0 N–H and O–H groups in total. The molecule has 0 amide bonds. The monoisotopic (exact) mass is 534 g/mol. The second-order valence-electron chi connectivity index (χ2n) is 7.80. The number of hydrogen-bond acceptors (Lipinski definition) is 5. The Balaban J connectivity index is 1.41. The van der Waals surface area contributed by atoms with Crippen LogP contribution < -0.4 is 4.90 Å². The summed E-state index contributed by atoms with van der Waals surface area (Å²) >= 11 is 13.5. The number of benzene rings is 2. The Morgan fingerprint density at radius 3 is 2.45 bits per heavy atom. The average molecular weight is 535 g/mol. The summed E-state index contributed by atoms with van der Waals surface area (Å²) in [5, 5.41) is 2.98. The van der Waals surface area contributed by atoms with Gasteiger partial charge in [-0.05, 0) is 48.7 Å². The molecule has 1 fully saturated rings. The maximum atomic E-state index is 13.0. The molecule has 3 aromatic rings. The van der Waals surface area contributed by atoms with Crippen molar-refractivity contribution in [2.45, 2.75) is 35.6 Å². The maximum absolute atomic E-state index is 13.0. The van der Waals surface area contributed by atoms with Crippen LogP contribution in [-0.2, 0) is 22.4 Å². The predicted octanol–water partition coefficient (Wildman–Crippen LogP) is 6.50. The van der Waals surface area contributed by atoms with Crippen LogP contribution in [0.1, 0.15) is 29.7 Å². The lowest BCUT2D eigenvalue weighted by Crippen LogP contribution is -2.39. The van der Waals surface area contributed by atoms with Crippen molar-refractivity contribution in [1.82, 2.24) is 4.98 Å². The van der Waals surface area contributed by atoms with Crippen LogP contribution in [0.3, 0.4) is 0 Å². The summed E-state index contributed by atoms with van der Waals surface area (Å²) in [6.45, 7) is 0.922. The number of rotatable bonds is 5. The van der Waals surface area contributed by atoms with Gasteiger partial charge in [0.05, 0.1) is 31.4 Å². The van der Waals surface area contributed by atoms with Crippen LogP contribution in [0.25, 0.3) is 0 Å². The summed E-state index contributed by atoms with van der Waals surface area (Å²) in [6.07, 6.45) is -3.36. The smallest absolute Gasteiger partial charge is 0.348 e. The Kier molecular flexibility index (Phi) is 6.96. The first-order chi connectivity index (χ1) is 15.5. The number of aromatic nitrogens is 1. The first kappa shape index (κ1) is 24.3. The van der Waals surface area contributed by atoms with Gasteiger partial charge >= 0.3 is 6.18 Å². The molecule has 176 valence electrons. The molecule has 4 nitrogen and oxygen atoms in total. The van der Waals surface area contributed by atoms with Gasteiger partial charge in [-0.15, -0.1) is 11.3 Å². The van der Waals surface area contributed by atoms with Crippen LogP contribution in [-0.4, -0.2) is 31.7 Å². The minimum Gasteiger partial charge on any atom is -0.348 e. The number of piperidine rings is 1.